The highest BCUT2D eigenvalue weighted by Gasteiger charge is 2.65. The highest BCUT2D eigenvalue weighted by molar-refractivity contribution is 7.85. The number of hydrogen-bond donors (Lipinski definition) is 6. The van der Waals surface area contributed by atoms with Gasteiger partial charge in [-0.15, -0.1) is 0 Å². The maximum atomic E-state index is 12.2. The first-order valence-corrected chi connectivity index (χ1v) is 15.4. The van der Waals surface area contributed by atoms with E-state index in [1.807, 2.05) is 0 Å². The molecule has 0 aromatic heterocycles. The Bertz CT molecular complexity index is 898. The van der Waals surface area contributed by atoms with Gasteiger partial charge in [-0.1, -0.05) is 13.8 Å². The van der Waals surface area contributed by atoms with E-state index in [0.29, 0.717) is 25.7 Å². The van der Waals surface area contributed by atoms with E-state index >= 15 is 0 Å². The number of aliphatic hydroxyl groups is 4. The van der Waals surface area contributed by atoms with Crippen molar-refractivity contribution in [3.8, 4) is 0 Å². The van der Waals surface area contributed by atoms with Crippen molar-refractivity contribution >= 4 is 16.0 Å². The maximum absolute atomic E-state index is 12.2. The summed E-state index contributed by atoms with van der Waals surface area (Å²) in [5.41, 5.74) is -0.168. The van der Waals surface area contributed by atoms with Crippen molar-refractivity contribution in [1.82, 2.24) is 5.32 Å². The molecule has 9 nitrogen and oxygen atoms in total. The fourth-order valence-electron chi connectivity index (χ4n) is 9.11. The van der Waals surface area contributed by atoms with Gasteiger partial charge in [-0.2, -0.15) is 8.42 Å². The zero-order valence-corrected chi connectivity index (χ0v) is 22.3. The molecule has 0 aliphatic heterocycles. The molecule has 2 unspecified atom stereocenters. The summed E-state index contributed by atoms with van der Waals surface area (Å²) >= 11 is 0. The Morgan fingerprint density at radius 1 is 1.03 bits per heavy atom. The fraction of sp³-hybridized carbons (Fsp3) is 0.962. The van der Waals surface area contributed by atoms with Gasteiger partial charge in [-0.25, -0.2) is 0 Å². The lowest BCUT2D eigenvalue weighted by Gasteiger charge is -2.63. The minimum atomic E-state index is -4.11. The van der Waals surface area contributed by atoms with Crippen molar-refractivity contribution in [3.63, 3.8) is 0 Å². The Hall–Kier alpha value is -0.780. The minimum absolute atomic E-state index is 0.0188. The fourth-order valence-corrected chi connectivity index (χ4v) is 9.47. The zero-order chi connectivity index (χ0) is 26.4. The first kappa shape index (κ1) is 28.2. The van der Waals surface area contributed by atoms with Gasteiger partial charge in [-0.05, 0) is 98.2 Å². The van der Waals surface area contributed by atoms with Gasteiger partial charge in [0.15, 0.2) is 0 Å². The number of hydrogen-bond acceptors (Lipinski definition) is 7. The Kier molecular flexibility index (Phi) is 8.45. The highest BCUT2D eigenvalue weighted by atomic mass is 32.2. The van der Waals surface area contributed by atoms with Gasteiger partial charge in [0.1, 0.15) is 0 Å². The smallest absolute Gasteiger partial charge is 0.266 e. The van der Waals surface area contributed by atoms with Crippen LogP contribution in [-0.2, 0) is 14.9 Å². The molecular formula is C26H45NO8S. The van der Waals surface area contributed by atoms with Gasteiger partial charge >= 0.3 is 0 Å². The van der Waals surface area contributed by atoms with E-state index in [2.05, 4.69) is 19.2 Å². The summed E-state index contributed by atoms with van der Waals surface area (Å²) in [7, 11) is -4.11. The summed E-state index contributed by atoms with van der Waals surface area (Å²) in [5.74, 6) is -0.347. The molecule has 208 valence electrons. The summed E-state index contributed by atoms with van der Waals surface area (Å²) in [6, 6.07) is 0. The van der Waals surface area contributed by atoms with Crippen molar-refractivity contribution in [2.75, 3.05) is 12.3 Å². The second kappa shape index (κ2) is 10.8. The number of fused-ring (bicyclic) bond motifs is 5. The first-order chi connectivity index (χ1) is 16.9. The molecule has 4 saturated carbocycles. The molecule has 10 heteroatoms. The van der Waals surface area contributed by atoms with Crippen molar-refractivity contribution in [2.45, 2.75) is 96.1 Å². The summed E-state index contributed by atoms with van der Waals surface area (Å²) in [5, 5.41) is 46.9. The molecule has 0 aromatic rings. The standard InChI is InChI=1S/C26H45NO8S/c1-3-26-9-8-15(28)12-19(26)24(31)25(32)23-17-6-5-16(22(17)20(29)13-18(23)26)14(2)4-7-21(30)27-10-11-36(33,34)35/h14-20,22-25,28-29,31-32H,3-13H2,1-2H3,(H,27,30)(H,33,34,35)/t14?,15-,16?,17-,18+,19+,20+,22-,23+,24-,25+,26-/m1/s1. The van der Waals surface area contributed by atoms with Crippen LogP contribution in [0.5, 0.6) is 0 Å². The van der Waals surface area contributed by atoms with E-state index in [1.165, 1.54) is 0 Å². The lowest BCUT2D eigenvalue weighted by atomic mass is 9.43. The molecule has 0 radical (unpaired) electrons. The third-order valence-electron chi connectivity index (χ3n) is 10.7. The van der Waals surface area contributed by atoms with Crippen LogP contribution in [0, 0.1) is 46.8 Å². The molecule has 0 aromatic carbocycles. The third kappa shape index (κ3) is 5.23. The molecule has 4 fully saturated rings. The number of nitrogens with one attached hydrogen (secondary N) is 1. The Morgan fingerprint density at radius 3 is 2.42 bits per heavy atom. The predicted molar refractivity (Wildman–Crippen MR) is 133 cm³/mol. The molecule has 1 amide bonds. The molecule has 0 saturated heterocycles. The van der Waals surface area contributed by atoms with Gasteiger partial charge in [-0.3, -0.25) is 9.35 Å². The Morgan fingerprint density at radius 2 is 1.75 bits per heavy atom. The Balaban J connectivity index is 1.44. The van der Waals surface area contributed by atoms with Crippen LogP contribution in [-0.4, -0.2) is 76.0 Å². The van der Waals surface area contributed by atoms with E-state index in [9.17, 15) is 33.6 Å². The second-order valence-electron chi connectivity index (χ2n) is 12.2. The van der Waals surface area contributed by atoms with Crippen LogP contribution in [0.1, 0.15) is 71.6 Å². The molecule has 6 N–H and O–H groups in total. The number of rotatable bonds is 8. The molecule has 0 heterocycles. The SMILES string of the molecule is CC[C@]12CC[C@@H](O)C[C@H]1[C@@H](O)[C@@H](O)[C@H]1[C@@H]3CCC(C(C)CCC(=O)NCCS(=O)(=O)O)[C@H]3[C@@H](O)C[C@@H]12. The molecular weight excluding hydrogens is 486 g/mol. The first-order valence-electron chi connectivity index (χ1n) is 13.8. The summed E-state index contributed by atoms with van der Waals surface area (Å²) in [6.45, 7) is 4.11. The minimum Gasteiger partial charge on any atom is -0.393 e. The van der Waals surface area contributed by atoms with E-state index in [4.69, 9.17) is 4.55 Å². The summed E-state index contributed by atoms with van der Waals surface area (Å²) in [6.07, 6.45) is 3.48. The van der Waals surface area contributed by atoms with Gasteiger partial charge in [0.25, 0.3) is 10.1 Å². The van der Waals surface area contributed by atoms with Crippen LogP contribution in [0.2, 0.25) is 0 Å². The molecule has 4 aliphatic carbocycles. The molecule has 12 atom stereocenters. The average Bonchev–Trinajstić information content (AvgIpc) is 3.26. The third-order valence-corrected chi connectivity index (χ3v) is 11.4. The summed E-state index contributed by atoms with van der Waals surface area (Å²) < 4.78 is 30.5. The van der Waals surface area contributed by atoms with Gasteiger partial charge in [0.05, 0.1) is 30.2 Å². The van der Waals surface area contributed by atoms with E-state index in [-0.39, 0.29) is 65.7 Å². The van der Waals surface area contributed by atoms with Crippen molar-refractivity contribution in [3.05, 3.63) is 0 Å². The van der Waals surface area contributed by atoms with Gasteiger partial charge in [0, 0.05) is 13.0 Å². The highest BCUT2D eigenvalue weighted by Crippen LogP contribution is 2.65. The van der Waals surface area contributed by atoms with Crippen LogP contribution >= 0.6 is 0 Å². The average molecular weight is 532 g/mol. The molecule has 36 heavy (non-hydrogen) atoms. The van der Waals surface area contributed by atoms with E-state index in [0.717, 1.165) is 25.7 Å². The lowest BCUT2D eigenvalue weighted by Crippen LogP contribution is -2.65. The predicted octanol–water partition coefficient (Wildman–Crippen LogP) is 1.34. The van der Waals surface area contributed by atoms with Crippen LogP contribution in [0.4, 0.5) is 0 Å². The maximum Gasteiger partial charge on any atom is 0.266 e. The van der Waals surface area contributed by atoms with Crippen molar-refractivity contribution in [2.24, 2.45) is 46.8 Å². The monoisotopic (exact) mass is 531 g/mol. The van der Waals surface area contributed by atoms with Crippen LogP contribution in [0.25, 0.3) is 0 Å². The number of carbonyl (C=O) groups excluding carboxylic acids is 1. The zero-order valence-electron chi connectivity index (χ0n) is 21.5. The molecule has 4 aliphatic rings. The van der Waals surface area contributed by atoms with Crippen molar-refractivity contribution in [1.29, 1.82) is 0 Å². The molecule has 0 spiro atoms. The number of aliphatic hydroxyl groups excluding tert-OH is 4. The summed E-state index contributed by atoms with van der Waals surface area (Å²) in [4.78, 5) is 12.2. The van der Waals surface area contributed by atoms with Crippen LogP contribution in [0.3, 0.4) is 0 Å². The van der Waals surface area contributed by atoms with Gasteiger partial charge in [0.2, 0.25) is 5.91 Å². The normalized spacial score (nSPS) is 45.3. The number of carbonyl (C=O) groups is 1. The quantitative estimate of drug-likeness (QED) is 0.255. The van der Waals surface area contributed by atoms with Crippen LogP contribution in [0.15, 0.2) is 0 Å². The van der Waals surface area contributed by atoms with Crippen molar-refractivity contribution < 1.29 is 38.2 Å². The number of amides is 1. The van der Waals surface area contributed by atoms with E-state index < -0.39 is 40.3 Å². The van der Waals surface area contributed by atoms with Gasteiger partial charge < -0.3 is 25.7 Å². The molecule has 0 bridgehead atoms. The van der Waals surface area contributed by atoms with Crippen LogP contribution < -0.4 is 5.32 Å². The second-order valence-corrected chi connectivity index (χ2v) is 13.8. The largest absolute Gasteiger partial charge is 0.393 e. The Labute approximate surface area is 214 Å². The lowest BCUT2D eigenvalue weighted by molar-refractivity contribution is -0.233. The topological polar surface area (TPSA) is 164 Å². The van der Waals surface area contributed by atoms with E-state index in [1.54, 1.807) is 0 Å². The molecule has 4 rings (SSSR count).